The van der Waals surface area contributed by atoms with Crippen LogP contribution in [0, 0.1) is 30.1 Å². The van der Waals surface area contributed by atoms with Crippen molar-refractivity contribution < 1.29 is 0 Å². The smallest absolute Gasteiger partial charge is 0.148 e. The standard InChI is InChI=1S/C21H32N6/c1-13(21(3,4)5)9-27-11-16-17(12-27)20(16)22-19-8-7-18(23-24-19)15-10-26(6)25-14(15)2/h7-8,10,13,16-17,20H,9,11-12H2,1-6H3,(H,22,24)/t13?,16-,17+,20?. The van der Waals surface area contributed by atoms with Crippen molar-refractivity contribution in [1.29, 1.82) is 0 Å². The Morgan fingerprint density at radius 2 is 1.89 bits per heavy atom. The van der Waals surface area contributed by atoms with E-state index in [-0.39, 0.29) is 0 Å². The lowest BCUT2D eigenvalue weighted by Gasteiger charge is -2.32. The summed E-state index contributed by atoms with van der Waals surface area (Å²) in [5, 5.41) is 16.8. The Hall–Kier alpha value is -1.95. The average Bonchev–Trinajstić information content (AvgIpc) is 2.93. The topological polar surface area (TPSA) is 58.9 Å². The maximum Gasteiger partial charge on any atom is 0.148 e. The molecule has 4 rings (SSSR count). The molecule has 2 unspecified atom stereocenters. The van der Waals surface area contributed by atoms with Gasteiger partial charge in [-0.25, -0.2) is 0 Å². The molecule has 4 atom stereocenters. The zero-order chi connectivity index (χ0) is 19.3. The van der Waals surface area contributed by atoms with Crippen LogP contribution < -0.4 is 5.32 Å². The van der Waals surface area contributed by atoms with Gasteiger partial charge < -0.3 is 10.2 Å². The Labute approximate surface area is 162 Å². The van der Waals surface area contributed by atoms with Crippen molar-refractivity contribution in [1.82, 2.24) is 24.9 Å². The average molecular weight is 369 g/mol. The van der Waals surface area contributed by atoms with E-state index >= 15 is 0 Å². The fourth-order valence-corrected chi connectivity index (χ4v) is 4.21. The normalized spacial score (nSPS) is 26.1. The van der Waals surface area contributed by atoms with Crippen LogP contribution in [0.15, 0.2) is 18.3 Å². The second-order valence-corrected chi connectivity index (χ2v) is 9.59. The predicted octanol–water partition coefficient (Wildman–Crippen LogP) is 3.21. The van der Waals surface area contributed by atoms with Gasteiger partial charge in [-0.15, -0.1) is 10.2 Å². The lowest BCUT2D eigenvalue weighted by atomic mass is 9.82. The first-order valence-electron chi connectivity index (χ1n) is 10.1. The van der Waals surface area contributed by atoms with Crippen molar-refractivity contribution >= 4 is 5.82 Å². The minimum Gasteiger partial charge on any atom is -0.365 e. The number of anilines is 1. The molecule has 0 amide bonds. The molecule has 0 bridgehead atoms. The van der Waals surface area contributed by atoms with Crippen LogP contribution in [0.3, 0.4) is 0 Å². The number of rotatable bonds is 5. The van der Waals surface area contributed by atoms with Gasteiger partial charge in [0.25, 0.3) is 0 Å². The van der Waals surface area contributed by atoms with Gasteiger partial charge in [0.15, 0.2) is 0 Å². The highest BCUT2D eigenvalue weighted by molar-refractivity contribution is 5.61. The number of fused-ring (bicyclic) bond motifs is 1. The molecule has 3 heterocycles. The van der Waals surface area contributed by atoms with Gasteiger partial charge >= 0.3 is 0 Å². The van der Waals surface area contributed by atoms with Crippen molar-refractivity contribution in [2.75, 3.05) is 25.0 Å². The summed E-state index contributed by atoms with van der Waals surface area (Å²) in [4.78, 5) is 2.64. The van der Waals surface area contributed by atoms with Crippen LogP contribution in [-0.2, 0) is 7.05 Å². The third-order valence-corrected chi connectivity index (χ3v) is 6.55. The van der Waals surface area contributed by atoms with E-state index in [0.29, 0.717) is 11.5 Å². The number of hydrogen-bond acceptors (Lipinski definition) is 5. The second-order valence-electron chi connectivity index (χ2n) is 9.59. The van der Waals surface area contributed by atoms with Crippen molar-refractivity contribution in [3.8, 4) is 11.3 Å². The summed E-state index contributed by atoms with van der Waals surface area (Å²) in [6, 6.07) is 4.64. The number of nitrogens with one attached hydrogen (secondary N) is 1. The highest BCUT2D eigenvalue weighted by atomic mass is 15.3. The van der Waals surface area contributed by atoms with Crippen LogP contribution in [0.2, 0.25) is 0 Å². The molecule has 2 fully saturated rings. The molecule has 2 aliphatic rings. The summed E-state index contributed by atoms with van der Waals surface area (Å²) in [5.41, 5.74) is 3.29. The van der Waals surface area contributed by atoms with E-state index in [1.165, 1.54) is 19.6 Å². The zero-order valence-corrected chi connectivity index (χ0v) is 17.4. The molecule has 6 nitrogen and oxygen atoms in total. The van der Waals surface area contributed by atoms with Crippen molar-refractivity contribution in [3.05, 3.63) is 24.0 Å². The molecule has 2 aromatic heterocycles. The minimum absolute atomic E-state index is 0.383. The number of aromatic nitrogens is 4. The summed E-state index contributed by atoms with van der Waals surface area (Å²) in [5.74, 6) is 3.13. The molecule has 1 aliphatic carbocycles. The molecule has 0 radical (unpaired) electrons. The molecule has 0 aromatic carbocycles. The van der Waals surface area contributed by atoms with Gasteiger partial charge in [0.1, 0.15) is 5.82 Å². The minimum atomic E-state index is 0.383. The lowest BCUT2D eigenvalue weighted by Crippen LogP contribution is -2.35. The number of piperidine rings is 1. The van der Waals surface area contributed by atoms with Crippen molar-refractivity contribution in [2.24, 2.45) is 30.2 Å². The Morgan fingerprint density at radius 3 is 2.41 bits per heavy atom. The van der Waals surface area contributed by atoms with Gasteiger partial charge in [-0.3, -0.25) is 4.68 Å². The van der Waals surface area contributed by atoms with Gasteiger partial charge in [-0.1, -0.05) is 27.7 Å². The Balaban J connectivity index is 1.31. The summed E-state index contributed by atoms with van der Waals surface area (Å²) in [6.07, 6.45) is 1.99. The molecule has 0 spiro atoms. The second kappa shape index (κ2) is 6.59. The highest BCUT2D eigenvalue weighted by Gasteiger charge is 2.56. The maximum absolute atomic E-state index is 4.40. The fourth-order valence-electron chi connectivity index (χ4n) is 4.21. The monoisotopic (exact) mass is 368 g/mol. The largest absolute Gasteiger partial charge is 0.365 e. The summed E-state index contributed by atoms with van der Waals surface area (Å²) < 4.78 is 1.82. The lowest BCUT2D eigenvalue weighted by molar-refractivity contribution is 0.171. The Bertz CT molecular complexity index is 791. The molecule has 1 N–H and O–H groups in total. The molecule has 6 heteroatoms. The van der Waals surface area contributed by atoms with E-state index in [1.54, 1.807) is 0 Å². The van der Waals surface area contributed by atoms with E-state index in [4.69, 9.17) is 0 Å². The van der Waals surface area contributed by atoms with Gasteiger partial charge in [0, 0.05) is 44.5 Å². The van der Waals surface area contributed by atoms with Crippen LogP contribution in [0.5, 0.6) is 0 Å². The van der Waals surface area contributed by atoms with E-state index in [1.807, 2.05) is 37.0 Å². The number of nitrogens with zero attached hydrogens (tertiary/aromatic N) is 5. The Kier molecular flexibility index (Phi) is 4.49. The fraction of sp³-hybridized carbons (Fsp3) is 0.667. The summed E-state index contributed by atoms with van der Waals surface area (Å²) in [7, 11) is 1.93. The van der Waals surface area contributed by atoms with Gasteiger partial charge in [-0.2, -0.15) is 5.10 Å². The van der Waals surface area contributed by atoms with E-state index in [9.17, 15) is 0 Å². The van der Waals surface area contributed by atoms with Crippen LogP contribution >= 0.6 is 0 Å². The summed E-state index contributed by atoms with van der Waals surface area (Å²) >= 11 is 0. The number of hydrogen-bond donors (Lipinski definition) is 1. The van der Waals surface area contributed by atoms with Crippen LogP contribution in [0.1, 0.15) is 33.4 Å². The van der Waals surface area contributed by atoms with E-state index in [0.717, 1.165) is 40.5 Å². The summed E-state index contributed by atoms with van der Waals surface area (Å²) in [6.45, 7) is 15.0. The first kappa shape index (κ1) is 18.4. The van der Waals surface area contributed by atoms with E-state index in [2.05, 4.69) is 53.2 Å². The third-order valence-electron chi connectivity index (χ3n) is 6.55. The van der Waals surface area contributed by atoms with Gasteiger partial charge in [-0.05, 0) is 42.2 Å². The third kappa shape index (κ3) is 3.72. The van der Waals surface area contributed by atoms with Crippen molar-refractivity contribution in [3.63, 3.8) is 0 Å². The van der Waals surface area contributed by atoms with E-state index < -0.39 is 0 Å². The molecule has 1 aliphatic heterocycles. The van der Waals surface area contributed by atoms with Gasteiger partial charge in [0.05, 0.1) is 11.4 Å². The van der Waals surface area contributed by atoms with Crippen LogP contribution in [0.25, 0.3) is 11.3 Å². The molecule has 146 valence electrons. The first-order chi connectivity index (χ1) is 12.7. The number of aryl methyl sites for hydroxylation is 2. The molecular formula is C21H32N6. The maximum atomic E-state index is 4.40. The van der Waals surface area contributed by atoms with Crippen molar-refractivity contribution in [2.45, 2.75) is 40.7 Å². The molecule has 1 saturated heterocycles. The first-order valence-corrected chi connectivity index (χ1v) is 10.1. The van der Waals surface area contributed by atoms with Crippen LogP contribution in [0.4, 0.5) is 5.82 Å². The predicted molar refractivity (Wildman–Crippen MR) is 108 cm³/mol. The molecule has 2 aromatic rings. The molecular weight excluding hydrogens is 336 g/mol. The highest BCUT2D eigenvalue weighted by Crippen LogP contribution is 2.47. The molecule has 1 saturated carbocycles. The van der Waals surface area contributed by atoms with Crippen LogP contribution in [-0.4, -0.2) is 50.6 Å². The van der Waals surface area contributed by atoms with Gasteiger partial charge in [0.2, 0.25) is 0 Å². The quantitative estimate of drug-likeness (QED) is 0.878. The zero-order valence-electron chi connectivity index (χ0n) is 17.4. The number of likely N-dealkylation sites (tertiary alicyclic amines) is 1. The Morgan fingerprint density at radius 1 is 1.19 bits per heavy atom. The molecule has 27 heavy (non-hydrogen) atoms. The SMILES string of the molecule is Cc1nn(C)cc1-c1ccc(NC2[C@H]3CN(CC(C)C(C)(C)C)C[C@@H]23)nn1.